The summed E-state index contributed by atoms with van der Waals surface area (Å²) >= 11 is 0. The van der Waals surface area contributed by atoms with E-state index in [2.05, 4.69) is 5.32 Å². The summed E-state index contributed by atoms with van der Waals surface area (Å²) in [5.74, 6) is -2.62. The van der Waals surface area contributed by atoms with Crippen LogP contribution in [-0.2, 0) is 12.5 Å². The summed E-state index contributed by atoms with van der Waals surface area (Å²) < 4.78 is 31.5. The third kappa shape index (κ3) is 2.65. The van der Waals surface area contributed by atoms with Gasteiger partial charge in [0.05, 0.1) is 12.7 Å². The fourth-order valence-electron chi connectivity index (χ4n) is 1.50. The smallest absolute Gasteiger partial charge is 0.274 e. The van der Waals surface area contributed by atoms with Gasteiger partial charge in [0.1, 0.15) is 5.75 Å². The summed E-state index contributed by atoms with van der Waals surface area (Å²) in [7, 11) is 3.17. The van der Waals surface area contributed by atoms with Crippen LogP contribution < -0.4 is 10.1 Å². The van der Waals surface area contributed by atoms with Gasteiger partial charge in [0.15, 0.2) is 0 Å². The van der Waals surface area contributed by atoms with E-state index < -0.39 is 5.92 Å². The van der Waals surface area contributed by atoms with Gasteiger partial charge in [-0.15, -0.1) is 0 Å². The maximum Gasteiger partial charge on any atom is 0.274 e. The number of ether oxygens (including phenoxy) is 1. The van der Waals surface area contributed by atoms with Crippen LogP contribution in [0.1, 0.15) is 18.1 Å². The van der Waals surface area contributed by atoms with Crippen molar-refractivity contribution in [1.29, 1.82) is 0 Å². The highest BCUT2D eigenvalue weighted by Gasteiger charge is 2.29. The molecular weight excluding hydrogens is 200 g/mol. The van der Waals surface area contributed by atoms with E-state index in [0.717, 1.165) is 12.5 Å². The molecule has 15 heavy (non-hydrogen) atoms. The molecule has 1 aromatic carbocycles. The van der Waals surface area contributed by atoms with E-state index in [1.165, 1.54) is 13.2 Å². The number of alkyl halides is 2. The topological polar surface area (TPSA) is 21.3 Å². The van der Waals surface area contributed by atoms with Crippen LogP contribution in [0.25, 0.3) is 0 Å². The lowest BCUT2D eigenvalue weighted by Crippen LogP contribution is -2.13. The van der Waals surface area contributed by atoms with E-state index in [9.17, 15) is 8.78 Å². The number of hydrogen-bond donors (Lipinski definition) is 1. The van der Waals surface area contributed by atoms with Crippen LogP contribution in [0.5, 0.6) is 5.75 Å². The third-order valence-electron chi connectivity index (χ3n) is 2.14. The number of para-hydroxylation sites is 1. The van der Waals surface area contributed by atoms with Crippen LogP contribution in [-0.4, -0.2) is 14.2 Å². The first-order valence-electron chi connectivity index (χ1n) is 4.69. The average molecular weight is 215 g/mol. The number of benzene rings is 1. The second-order valence-corrected chi connectivity index (χ2v) is 3.42. The Morgan fingerprint density at radius 3 is 2.53 bits per heavy atom. The van der Waals surface area contributed by atoms with Crippen LogP contribution in [0.2, 0.25) is 0 Å². The fourth-order valence-corrected chi connectivity index (χ4v) is 1.50. The van der Waals surface area contributed by atoms with E-state index in [1.807, 2.05) is 0 Å². The second kappa shape index (κ2) is 4.57. The molecule has 0 amide bonds. The molecule has 0 bridgehead atoms. The SMILES string of the molecule is CNCc1cccc(C(C)(F)F)c1OC. The zero-order valence-corrected chi connectivity index (χ0v) is 9.10. The van der Waals surface area contributed by atoms with Crippen molar-refractivity contribution in [1.82, 2.24) is 5.32 Å². The molecule has 0 unspecified atom stereocenters. The minimum atomic E-state index is -2.88. The highest BCUT2D eigenvalue weighted by Crippen LogP contribution is 2.36. The monoisotopic (exact) mass is 215 g/mol. The van der Waals surface area contributed by atoms with Crippen molar-refractivity contribution in [2.24, 2.45) is 0 Å². The van der Waals surface area contributed by atoms with Crippen LogP contribution in [0.3, 0.4) is 0 Å². The van der Waals surface area contributed by atoms with Gasteiger partial charge in [-0.3, -0.25) is 0 Å². The zero-order valence-electron chi connectivity index (χ0n) is 9.10. The van der Waals surface area contributed by atoms with Gasteiger partial charge in [0.2, 0.25) is 0 Å². The average Bonchev–Trinajstić information content (AvgIpc) is 2.16. The molecule has 0 aromatic heterocycles. The summed E-state index contributed by atoms with van der Waals surface area (Å²) in [5.41, 5.74) is 0.664. The van der Waals surface area contributed by atoms with Crippen molar-refractivity contribution in [2.45, 2.75) is 19.4 Å². The van der Waals surface area contributed by atoms with Gasteiger partial charge in [0, 0.05) is 19.0 Å². The van der Waals surface area contributed by atoms with Gasteiger partial charge >= 0.3 is 0 Å². The lowest BCUT2D eigenvalue weighted by Gasteiger charge is -2.17. The molecule has 1 aromatic rings. The van der Waals surface area contributed by atoms with Crippen LogP contribution in [0, 0.1) is 0 Å². The molecule has 0 saturated carbocycles. The van der Waals surface area contributed by atoms with Gasteiger partial charge in [-0.2, -0.15) is 0 Å². The summed E-state index contributed by atoms with van der Waals surface area (Å²) in [6, 6.07) is 4.77. The Kier molecular flexibility index (Phi) is 3.63. The summed E-state index contributed by atoms with van der Waals surface area (Å²) in [6.07, 6.45) is 0. The molecule has 4 heteroatoms. The van der Waals surface area contributed by atoms with E-state index in [1.54, 1.807) is 19.2 Å². The molecular formula is C11H15F2NO. The molecule has 0 aliphatic carbocycles. The molecule has 84 valence electrons. The minimum Gasteiger partial charge on any atom is -0.496 e. The van der Waals surface area contributed by atoms with Crippen molar-refractivity contribution in [3.8, 4) is 5.75 Å². The van der Waals surface area contributed by atoms with Crippen molar-refractivity contribution < 1.29 is 13.5 Å². The van der Waals surface area contributed by atoms with E-state index in [4.69, 9.17) is 4.74 Å². The Hall–Kier alpha value is -1.16. The summed E-state index contributed by atoms with van der Waals surface area (Å²) in [5, 5.41) is 2.91. The van der Waals surface area contributed by atoms with Gasteiger partial charge in [-0.05, 0) is 13.1 Å². The number of methoxy groups -OCH3 is 1. The first-order valence-corrected chi connectivity index (χ1v) is 4.69. The predicted octanol–water partition coefficient (Wildman–Crippen LogP) is 2.53. The minimum absolute atomic E-state index is 0.0715. The quantitative estimate of drug-likeness (QED) is 0.833. The van der Waals surface area contributed by atoms with Crippen molar-refractivity contribution in [3.05, 3.63) is 29.3 Å². The van der Waals surface area contributed by atoms with Gasteiger partial charge in [-0.25, -0.2) is 8.78 Å². The second-order valence-electron chi connectivity index (χ2n) is 3.42. The molecule has 0 saturated heterocycles. The standard InChI is InChI=1S/C11H15F2NO/c1-11(12,13)9-6-4-5-8(7-14-2)10(9)15-3/h4-6,14H,7H2,1-3H3. The summed E-state index contributed by atoms with van der Waals surface area (Å²) in [4.78, 5) is 0. The third-order valence-corrected chi connectivity index (χ3v) is 2.14. The Bertz CT molecular complexity index is 334. The summed E-state index contributed by atoms with van der Waals surface area (Å²) in [6.45, 7) is 1.38. The van der Waals surface area contributed by atoms with Crippen LogP contribution in [0.15, 0.2) is 18.2 Å². The Balaban J connectivity index is 3.22. The van der Waals surface area contributed by atoms with Crippen LogP contribution in [0.4, 0.5) is 8.78 Å². The molecule has 0 aliphatic rings. The van der Waals surface area contributed by atoms with Crippen LogP contribution >= 0.6 is 0 Å². The molecule has 0 fully saturated rings. The first kappa shape index (κ1) is 11.9. The fraction of sp³-hybridized carbons (Fsp3) is 0.455. The van der Waals surface area contributed by atoms with Crippen molar-refractivity contribution >= 4 is 0 Å². The molecule has 0 heterocycles. The molecule has 2 nitrogen and oxygen atoms in total. The van der Waals surface area contributed by atoms with E-state index >= 15 is 0 Å². The van der Waals surface area contributed by atoms with Gasteiger partial charge in [0.25, 0.3) is 5.92 Å². The Morgan fingerprint density at radius 2 is 2.07 bits per heavy atom. The Morgan fingerprint density at radius 1 is 1.40 bits per heavy atom. The van der Waals surface area contributed by atoms with Gasteiger partial charge < -0.3 is 10.1 Å². The molecule has 1 rings (SSSR count). The molecule has 1 N–H and O–H groups in total. The van der Waals surface area contributed by atoms with E-state index in [0.29, 0.717) is 6.54 Å². The first-order chi connectivity index (χ1) is 7.00. The molecule has 0 atom stereocenters. The number of nitrogens with one attached hydrogen (secondary N) is 1. The molecule has 0 aliphatic heterocycles. The lowest BCUT2D eigenvalue weighted by atomic mass is 10.0. The normalized spacial score (nSPS) is 11.5. The highest BCUT2D eigenvalue weighted by molar-refractivity contribution is 5.43. The maximum absolute atomic E-state index is 13.2. The molecule has 0 radical (unpaired) electrons. The lowest BCUT2D eigenvalue weighted by molar-refractivity contribution is 0.0149. The van der Waals surface area contributed by atoms with E-state index in [-0.39, 0.29) is 11.3 Å². The number of halogens is 2. The number of hydrogen-bond acceptors (Lipinski definition) is 2. The molecule has 0 spiro atoms. The van der Waals surface area contributed by atoms with Gasteiger partial charge in [-0.1, -0.05) is 12.1 Å². The van der Waals surface area contributed by atoms with Crippen molar-refractivity contribution in [3.63, 3.8) is 0 Å². The highest BCUT2D eigenvalue weighted by atomic mass is 19.3. The Labute approximate surface area is 88.3 Å². The maximum atomic E-state index is 13.2. The van der Waals surface area contributed by atoms with Crippen molar-refractivity contribution in [2.75, 3.05) is 14.2 Å². The zero-order chi connectivity index (χ0) is 11.5. The number of rotatable bonds is 4. The predicted molar refractivity (Wildman–Crippen MR) is 55.3 cm³/mol. The largest absolute Gasteiger partial charge is 0.496 e.